The molecule has 3 rings (SSSR count). The lowest BCUT2D eigenvalue weighted by molar-refractivity contribution is -0.121. The van der Waals surface area contributed by atoms with Crippen LogP contribution in [0.4, 0.5) is 0 Å². The van der Waals surface area contributed by atoms with Crippen LogP contribution in [0, 0.1) is 12.8 Å². The maximum Gasteiger partial charge on any atom is 0.255 e. The first-order chi connectivity index (χ1) is 13.5. The van der Waals surface area contributed by atoms with Gasteiger partial charge < -0.3 is 10.2 Å². The molecule has 0 saturated carbocycles. The van der Waals surface area contributed by atoms with Crippen molar-refractivity contribution in [1.82, 2.24) is 10.2 Å². The monoisotopic (exact) mass is 398 g/mol. The molecule has 0 atom stereocenters. The highest BCUT2D eigenvalue weighted by Crippen LogP contribution is 2.25. The maximum absolute atomic E-state index is 12.6. The Morgan fingerprint density at radius 3 is 2.43 bits per heavy atom. The molecule has 1 aliphatic heterocycles. The van der Waals surface area contributed by atoms with Crippen molar-refractivity contribution in [2.45, 2.75) is 39.2 Å². The van der Waals surface area contributed by atoms with Crippen LogP contribution in [0.25, 0.3) is 0 Å². The molecule has 0 spiro atoms. The van der Waals surface area contributed by atoms with Gasteiger partial charge in [-0.1, -0.05) is 53.6 Å². The molecule has 2 aromatic carbocycles. The number of hydrogen-bond acceptors (Lipinski definition) is 2. The summed E-state index contributed by atoms with van der Waals surface area (Å²) in [6.07, 6.45) is 3.27. The van der Waals surface area contributed by atoms with Crippen LogP contribution >= 0.6 is 11.6 Å². The van der Waals surface area contributed by atoms with E-state index in [4.69, 9.17) is 11.6 Å². The zero-order valence-corrected chi connectivity index (χ0v) is 17.0. The number of nitrogens with zero attached hydrogens (tertiary/aromatic N) is 1. The topological polar surface area (TPSA) is 49.4 Å². The number of amides is 2. The molecule has 1 saturated heterocycles. The molecule has 2 amide bonds. The first-order valence-corrected chi connectivity index (χ1v) is 10.3. The Hall–Kier alpha value is -2.33. The Balaban J connectivity index is 1.38. The highest BCUT2D eigenvalue weighted by Gasteiger charge is 2.25. The molecule has 0 aromatic heterocycles. The SMILES string of the molecule is Cc1ccc(CNC(=O)CCC2CCN(C(=O)c3ccccc3Cl)CC2)cc1. The van der Waals surface area contributed by atoms with Gasteiger partial charge in [0.2, 0.25) is 5.91 Å². The third-order valence-corrected chi connectivity index (χ3v) is 5.73. The van der Waals surface area contributed by atoms with Gasteiger partial charge in [-0.15, -0.1) is 0 Å². The minimum atomic E-state index is -0.000101. The molecule has 1 heterocycles. The molecule has 5 heteroatoms. The number of carbonyl (C=O) groups is 2. The molecule has 1 fully saturated rings. The first kappa shape index (κ1) is 20.4. The fourth-order valence-corrected chi connectivity index (χ4v) is 3.78. The third kappa shape index (κ3) is 5.59. The van der Waals surface area contributed by atoms with Crippen LogP contribution in [0.3, 0.4) is 0 Å². The summed E-state index contributed by atoms with van der Waals surface area (Å²) in [5, 5.41) is 3.49. The van der Waals surface area contributed by atoms with Crippen molar-refractivity contribution in [3.8, 4) is 0 Å². The lowest BCUT2D eigenvalue weighted by Crippen LogP contribution is -2.38. The predicted octanol–water partition coefficient (Wildman–Crippen LogP) is 4.60. The Morgan fingerprint density at radius 1 is 1.07 bits per heavy atom. The number of piperidine rings is 1. The normalized spacial score (nSPS) is 14.7. The second kappa shape index (κ2) is 9.74. The Kier molecular flexibility index (Phi) is 7.10. The minimum Gasteiger partial charge on any atom is -0.352 e. The standard InChI is InChI=1S/C23H27ClN2O2/c1-17-6-8-19(9-7-17)16-25-22(27)11-10-18-12-14-26(15-13-18)23(28)20-4-2-3-5-21(20)24/h2-9,18H,10-16H2,1H3,(H,25,27). The van der Waals surface area contributed by atoms with E-state index in [0.29, 0.717) is 29.5 Å². The van der Waals surface area contributed by atoms with Crippen molar-refractivity contribution in [2.75, 3.05) is 13.1 Å². The van der Waals surface area contributed by atoms with Crippen molar-refractivity contribution in [3.05, 3.63) is 70.2 Å². The lowest BCUT2D eigenvalue weighted by Gasteiger charge is -2.32. The van der Waals surface area contributed by atoms with Crippen LogP contribution in [-0.2, 0) is 11.3 Å². The summed E-state index contributed by atoms with van der Waals surface area (Å²) in [6.45, 7) is 4.07. The molecule has 0 aliphatic carbocycles. The molecule has 4 nitrogen and oxygen atoms in total. The van der Waals surface area contributed by atoms with Gasteiger partial charge in [-0.3, -0.25) is 9.59 Å². The molecule has 0 unspecified atom stereocenters. The summed E-state index contributed by atoms with van der Waals surface area (Å²) in [6, 6.07) is 15.4. The zero-order chi connectivity index (χ0) is 19.9. The van der Waals surface area contributed by atoms with E-state index in [1.807, 2.05) is 29.2 Å². The molecule has 0 radical (unpaired) electrons. The highest BCUT2D eigenvalue weighted by molar-refractivity contribution is 6.33. The smallest absolute Gasteiger partial charge is 0.255 e. The summed E-state index contributed by atoms with van der Waals surface area (Å²) in [7, 11) is 0. The molecule has 2 aromatic rings. The Bertz CT molecular complexity index is 812. The van der Waals surface area contributed by atoms with E-state index in [1.54, 1.807) is 12.1 Å². The fourth-order valence-electron chi connectivity index (χ4n) is 3.56. The van der Waals surface area contributed by atoms with E-state index < -0.39 is 0 Å². The summed E-state index contributed by atoms with van der Waals surface area (Å²) in [5.41, 5.74) is 2.90. The number of aryl methyl sites for hydroxylation is 1. The van der Waals surface area contributed by atoms with Crippen molar-refractivity contribution in [3.63, 3.8) is 0 Å². The van der Waals surface area contributed by atoms with Crippen LogP contribution in [0.5, 0.6) is 0 Å². The molecule has 148 valence electrons. The second-order valence-electron chi connectivity index (χ2n) is 7.52. The van der Waals surface area contributed by atoms with Crippen LogP contribution in [0.1, 0.15) is 47.2 Å². The number of hydrogen-bond donors (Lipinski definition) is 1. The van der Waals surface area contributed by atoms with Gasteiger partial charge in [0.05, 0.1) is 10.6 Å². The lowest BCUT2D eigenvalue weighted by atomic mass is 9.91. The molecular formula is C23H27ClN2O2. The minimum absolute atomic E-state index is 0.000101. The van der Waals surface area contributed by atoms with E-state index in [1.165, 1.54) is 5.56 Å². The van der Waals surface area contributed by atoms with Crippen LogP contribution in [0.15, 0.2) is 48.5 Å². The molecule has 28 heavy (non-hydrogen) atoms. The number of benzene rings is 2. The van der Waals surface area contributed by atoms with Gasteiger partial charge in [-0.05, 0) is 49.8 Å². The second-order valence-corrected chi connectivity index (χ2v) is 7.92. The van der Waals surface area contributed by atoms with Crippen molar-refractivity contribution in [2.24, 2.45) is 5.92 Å². The molecular weight excluding hydrogens is 372 g/mol. The van der Waals surface area contributed by atoms with Gasteiger partial charge in [0.15, 0.2) is 0 Å². The molecule has 1 aliphatic rings. The zero-order valence-electron chi connectivity index (χ0n) is 16.3. The van der Waals surface area contributed by atoms with E-state index in [-0.39, 0.29) is 11.8 Å². The van der Waals surface area contributed by atoms with Gasteiger partial charge >= 0.3 is 0 Å². The Morgan fingerprint density at radius 2 is 1.75 bits per heavy atom. The average Bonchev–Trinajstić information content (AvgIpc) is 2.72. The van der Waals surface area contributed by atoms with E-state index in [0.717, 1.165) is 37.9 Å². The van der Waals surface area contributed by atoms with Gasteiger partial charge in [0.25, 0.3) is 5.91 Å². The van der Waals surface area contributed by atoms with E-state index in [2.05, 4.69) is 24.4 Å². The van der Waals surface area contributed by atoms with Gasteiger partial charge in [-0.2, -0.15) is 0 Å². The van der Waals surface area contributed by atoms with Crippen LogP contribution in [-0.4, -0.2) is 29.8 Å². The number of likely N-dealkylation sites (tertiary alicyclic amines) is 1. The number of halogens is 1. The van der Waals surface area contributed by atoms with Crippen molar-refractivity contribution < 1.29 is 9.59 Å². The number of nitrogens with one attached hydrogen (secondary N) is 1. The molecule has 1 N–H and O–H groups in total. The van der Waals surface area contributed by atoms with Gasteiger partial charge in [0, 0.05) is 26.1 Å². The summed E-state index contributed by atoms with van der Waals surface area (Å²) in [5.74, 6) is 0.579. The van der Waals surface area contributed by atoms with Crippen LogP contribution in [0.2, 0.25) is 5.02 Å². The first-order valence-electron chi connectivity index (χ1n) is 9.89. The highest BCUT2D eigenvalue weighted by atomic mass is 35.5. The van der Waals surface area contributed by atoms with Crippen molar-refractivity contribution >= 4 is 23.4 Å². The molecule has 0 bridgehead atoms. The Labute approximate surface area is 171 Å². The average molecular weight is 399 g/mol. The van der Waals surface area contributed by atoms with Gasteiger partial charge in [0.1, 0.15) is 0 Å². The largest absolute Gasteiger partial charge is 0.352 e. The maximum atomic E-state index is 12.6. The number of carbonyl (C=O) groups excluding carboxylic acids is 2. The van der Waals surface area contributed by atoms with E-state index in [9.17, 15) is 9.59 Å². The van der Waals surface area contributed by atoms with Crippen LogP contribution < -0.4 is 5.32 Å². The third-order valence-electron chi connectivity index (χ3n) is 5.40. The van der Waals surface area contributed by atoms with Gasteiger partial charge in [-0.25, -0.2) is 0 Å². The summed E-state index contributed by atoms with van der Waals surface area (Å²) >= 11 is 6.14. The van der Waals surface area contributed by atoms with Crippen molar-refractivity contribution in [1.29, 1.82) is 0 Å². The number of rotatable bonds is 6. The summed E-state index contributed by atoms with van der Waals surface area (Å²) < 4.78 is 0. The fraction of sp³-hybridized carbons (Fsp3) is 0.391. The van der Waals surface area contributed by atoms with E-state index >= 15 is 0 Å². The predicted molar refractivity (Wildman–Crippen MR) is 112 cm³/mol. The quantitative estimate of drug-likeness (QED) is 0.773. The summed E-state index contributed by atoms with van der Waals surface area (Å²) in [4.78, 5) is 26.6.